The van der Waals surface area contributed by atoms with Crippen molar-refractivity contribution in [1.82, 2.24) is 15.0 Å². The second-order valence-electron chi connectivity index (χ2n) is 5.52. The number of rotatable bonds is 6. The van der Waals surface area contributed by atoms with Gasteiger partial charge in [0.1, 0.15) is 0 Å². The highest BCUT2D eigenvalue weighted by atomic mass is 16.5. The lowest BCUT2D eigenvalue weighted by Gasteiger charge is -2.27. The molecule has 8 nitrogen and oxygen atoms in total. The molecule has 0 spiro atoms. The molecule has 0 aromatic carbocycles. The highest BCUT2D eigenvalue weighted by Gasteiger charge is 2.20. The maximum atomic E-state index is 10.2. The summed E-state index contributed by atoms with van der Waals surface area (Å²) in [4.78, 5) is 14.6. The molecule has 0 amide bonds. The van der Waals surface area contributed by atoms with E-state index in [1.165, 1.54) is 0 Å². The first-order valence-electron chi connectivity index (χ1n) is 7.31. The number of anilines is 3. The highest BCUT2D eigenvalue weighted by molar-refractivity contribution is 5.42. The van der Waals surface area contributed by atoms with E-state index in [1.54, 1.807) is 6.92 Å². The van der Waals surface area contributed by atoms with Crippen LogP contribution in [0.3, 0.4) is 0 Å². The van der Waals surface area contributed by atoms with Crippen molar-refractivity contribution < 1.29 is 9.84 Å². The van der Waals surface area contributed by atoms with Crippen LogP contribution in [-0.2, 0) is 4.74 Å². The van der Waals surface area contributed by atoms with E-state index in [0.717, 1.165) is 19.5 Å². The first-order valence-corrected chi connectivity index (χ1v) is 7.31. The van der Waals surface area contributed by atoms with Crippen molar-refractivity contribution in [1.29, 1.82) is 0 Å². The standard InChI is InChI=1S/C13H24N6O2/c1-3-4-13(2,20)9-15-11-16-10(14)17-12(18-11)19-5-7-21-8-6-19/h20H,3-9H2,1-2H3,(H3,14,15,16,17,18). The number of hydrogen-bond donors (Lipinski definition) is 3. The smallest absolute Gasteiger partial charge is 0.232 e. The molecule has 0 aliphatic carbocycles. The van der Waals surface area contributed by atoms with Crippen molar-refractivity contribution in [3.63, 3.8) is 0 Å². The Morgan fingerprint density at radius 3 is 2.71 bits per heavy atom. The molecule has 2 heterocycles. The molecule has 21 heavy (non-hydrogen) atoms. The van der Waals surface area contributed by atoms with Gasteiger partial charge in [0.25, 0.3) is 0 Å². The molecule has 1 aliphatic rings. The second kappa shape index (κ2) is 6.86. The number of morpholine rings is 1. The fourth-order valence-corrected chi connectivity index (χ4v) is 2.26. The molecule has 0 bridgehead atoms. The summed E-state index contributed by atoms with van der Waals surface area (Å²) < 4.78 is 5.31. The van der Waals surface area contributed by atoms with E-state index in [9.17, 15) is 5.11 Å². The number of nitrogens with two attached hydrogens (primary N) is 1. The van der Waals surface area contributed by atoms with Crippen molar-refractivity contribution in [3.05, 3.63) is 0 Å². The molecule has 8 heteroatoms. The van der Waals surface area contributed by atoms with E-state index in [2.05, 4.69) is 20.3 Å². The third-order valence-corrected chi connectivity index (χ3v) is 3.35. The third-order valence-electron chi connectivity index (χ3n) is 3.35. The number of aromatic nitrogens is 3. The molecule has 1 saturated heterocycles. The molecule has 1 atom stereocenters. The van der Waals surface area contributed by atoms with E-state index in [0.29, 0.717) is 38.1 Å². The quantitative estimate of drug-likeness (QED) is 0.685. The first kappa shape index (κ1) is 15.7. The molecule has 4 N–H and O–H groups in total. The van der Waals surface area contributed by atoms with Crippen molar-refractivity contribution in [2.45, 2.75) is 32.3 Å². The molecule has 1 unspecified atom stereocenters. The predicted molar refractivity (Wildman–Crippen MR) is 81.3 cm³/mol. The molecule has 1 fully saturated rings. The highest BCUT2D eigenvalue weighted by Crippen LogP contribution is 2.16. The van der Waals surface area contributed by atoms with Gasteiger partial charge in [-0.3, -0.25) is 0 Å². The Morgan fingerprint density at radius 2 is 2.05 bits per heavy atom. The topological polar surface area (TPSA) is 109 Å². The first-order chi connectivity index (χ1) is 10.00. The molecular formula is C13H24N6O2. The van der Waals surface area contributed by atoms with Gasteiger partial charge in [0.05, 0.1) is 18.8 Å². The third kappa shape index (κ3) is 4.68. The Morgan fingerprint density at radius 1 is 1.33 bits per heavy atom. The van der Waals surface area contributed by atoms with Gasteiger partial charge in [-0.05, 0) is 13.3 Å². The van der Waals surface area contributed by atoms with Gasteiger partial charge in [-0.25, -0.2) is 0 Å². The van der Waals surface area contributed by atoms with Crippen molar-refractivity contribution in [2.24, 2.45) is 0 Å². The summed E-state index contributed by atoms with van der Waals surface area (Å²) in [6.45, 7) is 6.96. The Bertz CT molecular complexity index is 462. The van der Waals surface area contributed by atoms with Gasteiger partial charge in [0.2, 0.25) is 17.8 Å². The van der Waals surface area contributed by atoms with Crippen LogP contribution in [0.15, 0.2) is 0 Å². The summed E-state index contributed by atoms with van der Waals surface area (Å²) >= 11 is 0. The Balaban J connectivity index is 2.04. The summed E-state index contributed by atoms with van der Waals surface area (Å²) in [7, 11) is 0. The van der Waals surface area contributed by atoms with Crippen LogP contribution in [0.25, 0.3) is 0 Å². The summed E-state index contributed by atoms with van der Waals surface area (Å²) in [6.07, 6.45) is 1.62. The van der Waals surface area contributed by atoms with Gasteiger partial charge in [-0.2, -0.15) is 15.0 Å². The number of nitrogens with zero attached hydrogens (tertiary/aromatic N) is 4. The van der Waals surface area contributed by atoms with Gasteiger partial charge in [0.15, 0.2) is 0 Å². The van der Waals surface area contributed by atoms with Gasteiger partial charge < -0.3 is 25.8 Å². The fraction of sp³-hybridized carbons (Fsp3) is 0.769. The minimum Gasteiger partial charge on any atom is -0.388 e. The molecule has 0 radical (unpaired) electrons. The van der Waals surface area contributed by atoms with Gasteiger partial charge in [-0.1, -0.05) is 13.3 Å². The lowest BCUT2D eigenvalue weighted by atomic mass is 10.0. The van der Waals surface area contributed by atoms with Crippen LogP contribution in [0, 0.1) is 0 Å². The van der Waals surface area contributed by atoms with Crippen LogP contribution in [0.5, 0.6) is 0 Å². The van der Waals surface area contributed by atoms with Crippen LogP contribution in [-0.4, -0.2) is 58.5 Å². The van der Waals surface area contributed by atoms with Gasteiger partial charge >= 0.3 is 0 Å². The van der Waals surface area contributed by atoms with Gasteiger partial charge in [-0.15, -0.1) is 0 Å². The normalized spacial score (nSPS) is 18.3. The molecule has 1 aromatic heterocycles. The number of hydrogen-bond acceptors (Lipinski definition) is 8. The largest absolute Gasteiger partial charge is 0.388 e. The Hall–Kier alpha value is -1.67. The summed E-state index contributed by atoms with van der Waals surface area (Å²) in [5.41, 5.74) is 4.95. The number of nitrogens with one attached hydrogen (secondary N) is 1. The molecule has 1 aromatic rings. The van der Waals surface area contributed by atoms with Crippen molar-refractivity contribution in [2.75, 3.05) is 48.8 Å². The number of ether oxygens (including phenoxy) is 1. The Labute approximate surface area is 124 Å². The van der Waals surface area contributed by atoms with Crippen molar-refractivity contribution >= 4 is 17.8 Å². The van der Waals surface area contributed by atoms with Gasteiger partial charge in [0, 0.05) is 19.6 Å². The zero-order chi connectivity index (χ0) is 15.3. The molecule has 2 rings (SSSR count). The zero-order valence-electron chi connectivity index (χ0n) is 12.7. The average molecular weight is 296 g/mol. The maximum absolute atomic E-state index is 10.2. The Kier molecular flexibility index (Phi) is 5.13. The number of nitrogen functional groups attached to an aromatic ring is 1. The van der Waals surface area contributed by atoms with E-state index in [-0.39, 0.29) is 5.95 Å². The zero-order valence-corrected chi connectivity index (χ0v) is 12.7. The van der Waals surface area contributed by atoms with Crippen LogP contribution < -0.4 is 16.0 Å². The fourth-order valence-electron chi connectivity index (χ4n) is 2.26. The summed E-state index contributed by atoms with van der Waals surface area (Å²) in [5, 5.41) is 13.2. The van der Waals surface area contributed by atoms with E-state index >= 15 is 0 Å². The lowest BCUT2D eigenvalue weighted by Crippen LogP contribution is -2.38. The van der Waals surface area contributed by atoms with Crippen molar-refractivity contribution in [3.8, 4) is 0 Å². The predicted octanol–water partition coefficient (Wildman–Crippen LogP) is 0.253. The molecule has 1 aliphatic heterocycles. The monoisotopic (exact) mass is 296 g/mol. The number of aliphatic hydroxyl groups is 1. The van der Waals surface area contributed by atoms with E-state index < -0.39 is 5.60 Å². The van der Waals surface area contributed by atoms with E-state index in [1.807, 2.05) is 11.8 Å². The lowest BCUT2D eigenvalue weighted by molar-refractivity contribution is 0.0635. The summed E-state index contributed by atoms with van der Waals surface area (Å²) in [6, 6.07) is 0. The van der Waals surface area contributed by atoms with Crippen LogP contribution in [0.2, 0.25) is 0 Å². The average Bonchev–Trinajstić information content (AvgIpc) is 2.46. The minimum absolute atomic E-state index is 0.170. The maximum Gasteiger partial charge on any atom is 0.232 e. The molecule has 118 valence electrons. The van der Waals surface area contributed by atoms with E-state index in [4.69, 9.17) is 10.5 Å². The summed E-state index contributed by atoms with van der Waals surface area (Å²) in [5.74, 6) is 1.10. The van der Waals surface area contributed by atoms with Crippen LogP contribution in [0.4, 0.5) is 17.8 Å². The second-order valence-corrected chi connectivity index (χ2v) is 5.52. The SMILES string of the molecule is CCCC(C)(O)CNc1nc(N)nc(N2CCOCC2)n1. The van der Waals surface area contributed by atoms with Crippen LogP contribution >= 0.6 is 0 Å². The molecular weight excluding hydrogens is 272 g/mol. The molecule has 0 saturated carbocycles. The minimum atomic E-state index is -0.796. The van der Waals surface area contributed by atoms with Crippen LogP contribution in [0.1, 0.15) is 26.7 Å².